The minimum absolute atomic E-state index is 0.688. The molecule has 0 amide bonds. The molecular formula is C16H28N2O. The lowest BCUT2D eigenvalue weighted by Crippen LogP contribution is -2.34. The van der Waals surface area contributed by atoms with Gasteiger partial charge < -0.3 is 15.0 Å². The quantitative estimate of drug-likeness (QED) is 0.781. The third kappa shape index (κ3) is 5.62. The molecule has 1 atom stereocenters. The number of hydrogen-bond donors (Lipinski definition) is 1. The Kier molecular flexibility index (Phi) is 6.89. The highest BCUT2D eigenvalue weighted by Crippen LogP contribution is 2.15. The molecule has 1 aromatic rings. The zero-order valence-electron chi connectivity index (χ0n) is 12.9. The van der Waals surface area contributed by atoms with Crippen LogP contribution in [0.2, 0.25) is 0 Å². The fraction of sp³-hybridized carbons (Fsp3) is 0.625. The van der Waals surface area contributed by atoms with Crippen molar-refractivity contribution in [2.75, 3.05) is 34.3 Å². The SMILES string of the molecule is CNCC(CN(C)Cc1ccc(OC)cc1)C(C)C. The summed E-state index contributed by atoms with van der Waals surface area (Å²) >= 11 is 0. The van der Waals surface area contributed by atoms with Crippen LogP contribution in [0.5, 0.6) is 5.75 Å². The summed E-state index contributed by atoms with van der Waals surface area (Å²) in [7, 11) is 5.92. The average Bonchev–Trinajstić information content (AvgIpc) is 2.39. The second kappa shape index (κ2) is 8.18. The van der Waals surface area contributed by atoms with E-state index in [2.05, 4.69) is 43.2 Å². The standard InChI is InChI=1S/C16H28N2O/c1-13(2)15(10-17-3)12-18(4)11-14-6-8-16(19-5)9-7-14/h6-9,13,15,17H,10-12H2,1-5H3. The molecule has 19 heavy (non-hydrogen) atoms. The number of hydrogen-bond acceptors (Lipinski definition) is 3. The molecule has 0 saturated carbocycles. The van der Waals surface area contributed by atoms with Gasteiger partial charge in [-0.25, -0.2) is 0 Å². The van der Waals surface area contributed by atoms with Crippen molar-refractivity contribution in [1.82, 2.24) is 10.2 Å². The van der Waals surface area contributed by atoms with E-state index in [9.17, 15) is 0 Å². The Labute approximate surface area is 118 Å². The lowest BCUT2D eigenvalue weighted by molar-refractivity contribution is 0.227. The van der Waals surface area contributed by atoms with Crippen LogP contribution in [0.4, 0.5) is 0 Å². The number of ether oxygens (including phenoxy) is 1. The van der Waals surface area contributed by atoms with Crippen molar-refractivity contribution in [3.05, 3.63) is 29.8 Å². The molecule has 0 spiro atoms. The molecule has 108 valence electrons. The van der Waals surface area contributed by atoms with Crippen LogP contribution in [0.15, 0.2) is 24.3 Å². The number of rotatable bonds is 8. The first-order chi connectivity index (χ1) is 9.06. The van der Waals surface area contributed by atoms with Crippen LogP contribution in [-0.2, 0) is 6.54 Å². The van der Waals surface area contributed by atoms with Crippen LogP contribution in [0.3, 0.4) is 0 Å². The fourth-order valence-corrected chi connectivity index (χ4v) is 2.28. The first kappa shape index (κ1) is 16.0. The molecule has 0 aliphatic heterocycles. The van der Waals surface area contributed by atoms with Crippen molar-refractivity contribution >= 4 is 0 Å². The van der Waals surface area contributed by atoms with Crippen molar-refractivity contribution in [3.8, 4) is 5.75 Å². The van der Waals surface area contributed by atoms with Gasteiger partial charge in [-0.05, 0) is 50.2 Å². The molecule has 1 N–H and O–H groups in total. The van der Waals surface area contributed by atoms with E-state index in [0.29, 0.717) is 11.8 Å². The second-order valence-corrected chi connectivity index (χ2v) is 5.61. The smallest absolute Gasteiger partial charge is 0.118 e. The highest BCUT2D eigenvalue weighted by Gasteiger charge is 2.14. The highest BCUT2D eigenvalue weighted by molar-refractivity contribution is 5.27. The molecule has 0 fully saturated rings. The van der Waals surface area contributed by atoms with Gasteiger partial charge in [0.15, 0.2) is 0 Å². The van der Waals surface area contributed by atoms with Gasteiger partial charge in [-0.2, -0.15) is 0 Å². The summed E-state index contributed by atoms with van der Waals surface area (Å²) in [5.74, 6) is 2.31. The summed E-state index contributed by atoms with van der Waals surface area (Å²) in [4.78, 5) is 2.39. The zero-order valence-corrected chi connectivity index (χ0v) is 12.9. The van der Waals surface area contributed by atoms with Gasteiger partial charge >= 0.3 is 0 Å². The van der Waals surface area contributed by atoms with Crippen molar-refractivity contribution in [3.63, 3.8) is 0 Å². The molecule has 0 heterocycles. The van der Waals surface area contributed by atoms with E-state index < -0.39 is 0 Å². The van der Waals surface area contributed by atoms with Crippen molar-refractivity contribution in [1.29, 1.82) is 0 Å². The van der Waals surface area contributed by atoms with Gasteiger partial charge in [-0.1, -0.05) is 26.0 Å². The lowest BCUT2D eigenvalue weighted by atomic mass is 9.95. The molecule has 1 unspecified atom stereocenters. The van der Waals surface area contributed by atoms with Gasteiger partial charge in [0.05, 0.1) is 7.11 Å². The Morgan fingerprint density at radius 1 is 1.21 bits per heavy atom. The van der Waals surface area contributed by atoms with E-state index in [1.807, 2.05) is 19.2 Å². The molecule has 3 nitrogen and oxygen atoms in total. The van der Waals surface area contributed by atoms with E-state index in [0.717, 1.165) is 25.4 Å². The van der Waals surface area contributed by atoms with E-state index in [-0.39, 0.29) is 0 Å². The first-order valence-corrected chi connectivity index (χ1v) is 7.03. The summed E-state index contributed by atoms with van der Waals surface area (Å²) in [6.45, 7) is 7.76. The minimum Gasteiger partial charge on any atom is -0.497 e. The van der Waals surface area contributed by atoms with Gasteiger partial charge in [0.25, 0.3) is 0 Å². The average molecular weight is 264 g/mol. The maximum absolute atomic E-state index is 5.18. The van der Waals surface area contributed by atoms with Gasteiger partial charge in [-0.3, -0.25) is 0 Å². The molecular weight excluding hydrogens is 236 g/mol. The molecule has 1 rings (SSSR count). The summed E-state index contributed by atoms with van der Waals surface area (Å²) in [6, 6.07) is 8.32. The normalized spacial score (nSPS) is 13.0. The van der Waals surface area contributed by atoms with Gasteiger partial charge in [0.1, 0.15) is 5.75 Å². The third-order valence-corrected chi connectivity index (χ3v) is 3.57. The molecule has 0 radical (unpaired) electrons. The molecule has 0 aliphatic rings. The Hall–Kier alpha value is -1.06. The Morgan fingerprint density at radius 3 is 2.32 bits per heavy atom. The van der Waals surface area contributed by atoms with Crippen LogP contribution < -0.4 is 10.1 Å². The Bertz CT molecular complexity index is 348. The second-order valence-electron chi connectivity index (χ2n) is 5.61. The van der Waals surface area contributed by atoms with E-state index in [1.165, 1.54) is 5.56 Å². The van der Waals surface area contributed by atoms with Gasteiger partial charge in [-0.15, -0.1) is 0 Å². The van der Waals surface area contributed by atoms with Crippen LogP contribution >= 0.6 is 0 Å². The van der Waals surface area contributed by atoms with Crippen LogP contribution in [0.25, 0.3) is 0 Å². The largest absolute Gasteiger partial charge is 0.497 e. The van der Waals surface area contributed by atoms with Crippen LogP contribution in [0.1, 0.15) is 19.4 Å². The van der Waals surface area contributed by atoms with Crippen LogP contribution in [-0.4, -0.2) is 39.2 Å². The maximum Gasteiger partial charge on any atom is 0.118 e. The summed E-state index contributed by atoms with van der Waals surface area (Å²) in [5, 5.41) is 3.29. The molecule has 0 aromatic heterocycles. The van der Waals surface area contributed by atoms with E-state index in [1.54, 1.807) is 7.11 Å². The van der Waals surface area contributed by atoms with Gasteiger partial charge in [0.2, 0.25) is 0 Å². The Balaban J connectivity index is 2.50. The molecule has 0 saturated heterocycles. The number of nitrogens with one attached hydrogen (secondary N) is 1. The van der Waals surface area contributed by atoms with Crippen molar-refractivity contribution in [2.24, 2.45) is 11.8 Å². The fourth-order valence-electron chi connectivity index (χ4n) is 2.28. The molecule has 0 aliphatic carbocycles. The lowest BCUT2D eigenvalue weighted by Gasteiger charge is -2.26. The minimum atomic E-state index is 0.688. The highest BCUT2D eigenvalue weighted by atomic mass is 16.5. The monoisotopic (exact) mass is 264 g/mol. The first-order valence-electron chi connectivity index (χ1n) is 7.03. The van der Waals surface area contributed by atoms with E-state index in [4.69, 9.17) is 4.74 Å². The van der Waals surface area contributed by atoms with Crippen molar-refractivity contribution in [2.45, 2.75) is 20.4 Å². The number of nitrogens with zero attached hydrogens (tertiary/aromatic N) is 1. The topological polar surface area (TPSA) is 24.5 Å². The van der Waals surface area contributed by atoms with E-state index >= 15 is 0 Å². The third-order valence-electron chi connectivity index (χ3n) is 3.57. The summed E-state index contributed by atoms with van der Waals surface area (Å²) in [5.41, 5.74) is 1.33. The predicted molar refractivity (Wildman–Crippen MR) is 81.6 cm³/mol. The predicted octanol–water partition coefficient (Wildman–Crippen LogP) is 2.62. The molecule has 1 aromatic carbocycles. The van der Waals surface area contributed by atoms with Crippen LogP contribution in [0, 0.1) is 11.8 Å². The Morgan fingerprint density at radius 2 is 1.84 bits per heavy atom. The maximum atomic E-state index is 5.18. The number of benzene rings is 1. The zero-order chi connectivity index (χ0) is 14.3. The van der Waals surface area contributed by atoms with Gasteiger partial charge in [0, 0.05) is 13.1 Å². The molecule has 0 bridgehead atoms. The number of methoxy groups -OCH3 is 1. The molecule has 3 heteroatoms. The summed E-state index contributed by atoms with van der Waals surface area (Å²) < 4.78 is 5.18. The van der Waals surface area contributed by atoms with Crippen molar-refractivity contribution < 1.29 is 4.74 Å². The summed E-state index contributed by atoms with van der Waals surface area (Å²) in [6.07, 6.45) is 0.